The maximum absolute atomic E-state index is 12.1. The molecule has 1 aromatic carbocycles. The molecule has 26 heavy (non-hydrogen) atoms. The number of nitrogens with zero attached hydrogens (tertiary/aromatic N) is 2. The first-order valence-electron chi connectivity index (χ1n) is 8.27. The van der Waals surface area contributed by atoms with Crippen molar-refractivity contribution in [1.82, 2.24) is 9.78 Å². The highest BCUT2D eigenvalue weighted by molar-refractivity contribution is 6.31. The first-order valence-corrected chi connectivity index (χ1v) is 8.65. The van der Waals surface area contributed by atoms with Gasteiger partial charge in [0.1, 0.15) is 23.9 Å². The van der Waals surface area contributed by atoms with Crippen LogP contribution in [-0.4, -0.2) is 15.6 Å². The number of aromatic nitrogens is 2. The van der Waals surface area contributed by atoms with E-state index in [1.807, 2.05) is 32.0 Å². The van der Waals surface area contributed by atoms with E-state index in [0.717, 1.165) is 17.9 Å². The predicted octanol–water partition coefficient (Wildman–Crippen LogP) is 4.93. The number of furan rings is 1. The largest absolute Gasteiger partial charge is 0.486 e. The van der Waals surface area contributed by atoms with Gasteiger partial charge in [-0.2, -0.15) is 5.10 Å². The third kappa shape index (κ3) is 4.43. The molecule has 0 N–H and O–H groups in total. The molecular weight excluding hydrogens is 352 g/mol. The van der Waals surface area contributed by atoms with Crippen molar-refractivity contribution in [3.8, 4) is 5.75 Å². The molecular formula is C20H19ClN2O3. The Bertz CT molecular complexity index is 940. The van der Waals surface area contributed by atoms with Crippen molar-refractivity contribution in [2.24, 2.45) is 0 Å². The molecule has 2 heterocycles. The number of allylic oxidation sites excluding steroid dienone is 1. The van der Waals surface area contributed by atoms with Gasteiger partial charge < -0.3 is 9.15 Å². The highest BCUT2D eigenvalue weighted by Crippen LogP contribution is 2.22. The van der Waals surface area contributed by atoms with Crippen LogP contribution in [0, 0.1) is 6.92 Å². The molecule has 0 saturated heterocycles. The van der Waals surface area contributed by atoms with E-state index in [1.54, 1.807) is 35.3 Å². The van der Waals surface area contributed by atoms with Crippen LogP contribution in [0.5, 0.6) is 5.75 Å². The van der Waals surface area contributed by atoms with E-state index in [1.165, 1.54) is 6.08 Å². The second-order valence-electron chi connectivity index (χ2n) is 5.79. The van der Waals surface area contributed by atoms with Crippen LogP contribution in [0.15, 0.2) is 53.2 Å². The molecule has 0 aliphatic carbocycles. The van der Waals surface area contributed by atoms with E-state index in [0.29, 0.717) is 28.7 Å². The topological polar surface area (TPSA) is 57.3 Å². The van der Waals surface area contributed by atoms with Crippen molar-refractivity contribution in [3.63, 3.8) is 0 Å². The van der Waals surface area contributed by atoms with Crippen LogP contribution in [-0.2, 0) is 13.2 Å². The van der Waals surface area contributed by atoms with Crippen LogP contribution in [0.25, 0.3) is 6.08 Å². The van der Waals surface area contributed by atoms with Crippen molar-refractivity contribution in [2.45, 2.75) is 27.0 Å². The maximum Gasteiger partial charge on any atom is 0.189 e. The molecule has 0 radical (unpaired) electrons. The van der Waals surface area contributed by atoms with Crippen molar-refractivity contribution >= 4 is 23.5 Å². The monoisotopic (exact) mass is 370 g/mol. The van der Waals surface area contributed by atoms with E-state index in [-0.39, 0.29) is 5.78 Å². The Morgan fingerprint density at radius 3 is 2.92 bits per heavy atom. The van der Waals surface area contributed by atoms with Crippen LogP contribution in [0.3, 0.4) is 0 Å². The van der Waals surface area contributed by atoms with Crippen molar-refractivity contribution in [3.05, 3.63) is 76.5 Å². The SMILES string of the molecule is CCn1cc(C(=O)/C=C/c2ccc(COc3ccc(Cl)c(C)c3)o2)cn1. The van der Waals surface area contributed by atoms with E-state index in [2.05, 4.69) is 5.10 Å². The smallest absolute Gasteiger partial charge is 0.189 e. The number of carbonyl (C=O) groups excluding carboxylic acids is 1. The Labute approximate surface area is 156 Å². The zero-order valence-corrected chi connectivity index (χ0v) is 15.4. The lowest BCUT2D eigenvalue weighted by Gasteiger charge is -2.05. The number of hydrogen-bond acceptors (Lipinski definition) is 4. The summed E-state index contributed by atoms with van der Waals surface area (Å²) in [7, 11) is 0. The van der Waals surface area contributed by atoms with Crippen molar-refractivity contribution in [2.75, 3.05) is 0 Å². The van der Waals surface area contributed by atoms with E-state index in [9.17, 15) is 4.79 Å². The van der Waals surface area contributed by atoms with Gasteiger partial charge in [-0.1, -0.05) is 11.6 Å². The minimum atomic E-state index is -0.115. The standard InChI is InChI=1S/C20H19ClN2O3/c1-3-23-12-15(11-22-23)20(24)9-7-16-4-5-18(26-16)13-25-17-6-8-19(21)14(2)10-17/h4-12H,3,13H2,1-2H3/b9-7+. The number of ether oxygens (including phenoxy) is 1. The van der Waals surface area contributed by atoms with Crippen molar-refractivity contribution in [1.29, 1.82) is 0 Å². The molecule has 3 aromatic rings. The van der Waals surface area contributed by atoms with E-state index < -0.39 is 0 Å². The van der Waals surface area contributed by atoms with E-state index >= 15 is 0 Å². The fourth-order valence-corrected chi connectivity index (χ4v) is 2.46. The lowest BCUT2D eigenvalue weighted by atomic mass is 10.2. The van der Waals surface area contributed by atoms with Gasteiger partial charge in [0, 0.05) is 17.8 Å². The minimum Gasteiger partial charge on any atom is -0.486 e. The Hall–Kier alpha value is -2.79. The molecule has 3 rings (SSSR count). The molecule has 6 heteroatoms. The van der Waals surface area contributed by atoms with Crippen LogP contribution in [0.2, 0.25) is 5.02 Å². The molecule has 0 spiro atoms. The van der Waals surface area contributed by atoms with Gasteiger partial charge in [-0.05, 0) is 61.9 Å². The summed E-state index contributed by atoms with van der Waals surface area (Å²) >= 11 is 6.00. The molecule has 0 unspecified atom stereocenters. The second-order valence-corrected chi connectivity index (χ2v) is 6.19. The Morgan fingerprint density at radius 2 is 2.19 bits per heavy atom. The Balaban J connectivity index is 1.58. The number of aryl methyl sites for hydroxylation is 2. The van der Waals surface area contributed by atoms with Crippen LogP contribution in [0.4, 0.5) is 0 Å². The minimum absolute atomic E-state index is 0.115. The molecule has 0 bridgehead atoms. The summed E-state index contributed by atoms with van der Waals surface area (Å²) < 4.78 is 13.1. The number of carbonyl (C=O) groups is 1. The zero-order valence-electron chi connectivity index (χ0n) is 14.6. The molecule has 0 amide bonds. The Kier molecular flexibility index (Phi) is 5.58. The normalized spacial score (nSPS) is 11.2. The number of ketones is 1. The molecule has 0 aliphatic heterocycles. The van der Waals surface area contributed by atoms with Gasteiger partial charge in [-0.15, -0.1) is 0 Å². The first kappa shape index (κ1) is 18.0. The molecule has 5 nitrogen and oxygen atoms in total. The summed E-state index contributed by atoms with van der Waals surface area (Å²) in [6, 6.07) is 9.11. The molecule has 2 aromatic heterocycles. The molecule has 134 valence electrons. The van der Waals surface area contributed by atoms with E-state index in [4.69, 9.17) is 20.8 Å². The maximum atomic E-state index is 12.1. The van der Waals surface area contributed by atoms with Gasteiger partial charge in [-0.3, -0.25) is 9.48 Å². The summed E-state index contributed by atoms with van der Waals surface area (Å²) in [4.78, 5) is 12.1. The Morgan fingerprint density at radius 1 is 1.35 bits per heavy atom. The number of hydrogen-bond donors (Lipinski definition) is 0. The highest BCUT2D eigenvalue weighted by atomic mass is 35.5. The highest BCUT2D eigenvalue weighted by Gasteiger charge is 2.06. The van der Waals surface area contributed by atoms with Gasteiger partial charge >= 0.3 is 0 Å². The van der Waals surface area contributed by atoms with Gasteiger partial charge in [0.2, 0.25) is 0 Å². The summed E-state index contributed by atoms with van der Waals surface area (Å²) in [5.41, 5.74) is 1.51. The van der Waals surface area contributed by atoms with Crippen molar-refractivity contribution < 1.29 is 13.9 Å². The summed E-state index contributed by atoms with van der Waals surface area (Å²) in [6.45, 7) is 4.92. The van der Waals surface area contributed by atoms with Gasteiger partial charge in [0.05, 0.1) is 11.8 Å². The number of rotatable bonds is 7. The number of halogens is 1. The molecule has 0 saturated carbocycles. The molecule has 0 atom stereocenters. The van der Waals surface area contributed by atoms with Crippen LogP contribution >= 0.6 is 11.6 Å². The fourth-order valence-electron chi connectivity index (χ4n) is 2.34. The third-order valence-corrected chi connectivity index (χ3v) is 4.26. The quantitative estimate of drug-likeness (QED) is 0.437. The van der Waals surface area contributed by atoms with Crippen LogP contribution in [0.1, 0.15) is 34.4 Å². The lowest BCUT2D eigenvalue weighted by molar-refractivity contribution is 0.104. The average molecular weight is 371 g/mol. The van der Waals surface area contributed by atoms with Gasteiger partial charge in [0.25, 0.3) is 0 Å². The third-order valence-electron chi connectivity index (χ3n) is 3.83. The number of benzene rings is 1. The molecule has 0 aliphatic rings. The fraction of sp³-hybridized carbons (Fsp3) is 0.200. The molecule has 0 fully saturated rings. The van der Waals surface area contributed by atoms with Gasteiger partial charge in [0.15, 0.2) is 5.78 Å². The van der Waals surface area contributed by atoms with Gasteiger partial charge in [-0.25, -0.2) is 0 Å². The summed E-state index contributed by atoms with van der Waals surface area (Å²) in [6.07, 6.45) is 6.40. The van der Waals surface area contributed by atoms with Crippen LogP contribution < -0.4 is 4.74 Å². The second kappa shape index (κ2) is 8.06. The first-order chi connectivity index (χ1) is 12.5. The lowest BCUT2D eigenvalue weighted by Crippen LogP contribution is -1.94. The predicted molar refractivity (Wildman–Crippen MR) is 100 cm³/mol. The zero-order chi connectivity index (χ0) is 18.5. The summed E-state index contributed by atoms with van der Waals surface area (Å²) in [5.74, 6) is 1.87. The summed E-state index contributed by atoms with van der Waals surface area (Å²) in [5, 5.41) is 4.80. The average Bonchev–Trinajstić information content (AvgIpc) is 3.30.